The van der Waals surface area contributed by atoms with Gasteiger partial charge in [0.1, 0.15) is 0 Å². The van der Waals surface area contributed by atoms with Crippen molar-refractivity contribution in [1.29, 1.82) is 0 Å². The summed E-state index contributed by atoms with van der Waals surface area (Å²) in [7, 11) is 3.63. The summed E-state index contributed by atoms with van der Waals surface area (Å²) in [6.07, 6.45) is 2.12. The number of benzene rings is 1. The van der Waals surface area contributed by atoms with Gasteiger partial charge in [-0.1, -0.05) is 6.07 Å². The number of hydrogen-bond donors (Lipinski definition) is 2. The molecular weight excluding hydrogens is 404 g/mol. The fourth-order valence-electron chi connectivity index (χ4n) is 3.78. The number of hydrogen-bond acceptors (Lipinski definition) is 3. The SMILES string of the molecule is CN=C(NCc1c(F)c(F)cc(F)c1F)NCC1CCCN(C)C1c1cccs1. The summed E-state index contributed by atoms with van der Waals surface area (Å²) in [6, 6.07) is 4.64. The minimum atomic E-state index is -1.42. The van der Waals surface area contributed by atoms with E-state index in [-0.39, 0.29) is 12.1 Å². The highest BCUT2D eigenvalue weighted by Crippen LogP contribution is 2.36. The van der Waals surface area contributed by atoms with Crippen LogP contribution in [0.15, 0.2) is 28.6 Å². The number of nitrogens with zero attached hydrogens (tertiary/aromatic N) is 2. The molecule has 158 valence electrons. The van der Waals surface area contributed by atoms with Crippen LogP contribution >= 0.6 is 11.3 Å². The van der Waals surface area contributed by atoms with Crippen molar-refractivity contribution < 1.29 is 17.6 Å². The van der Waals surface area contributed by atoms with E-state index in [9.17, 15) is 17.6 Å². The molecule has 1 fully saturated rings. The predicted octanol–water partition coefficient (Wildman–Crippen LogP) is 4.05. The van der Waals surface area contributed by atoms with Crippen LogP contribution in [0.4, 0.5) is 17.6 Å². The molecule has 3 rings (SSSR count). The number of aliphatic imine (C=N–C) groups is 1. The quantitative estimate of drug-likeness (QED) is 0.327. The van der Waals surface area contributed by atoms with E-state index in [4.69, 9.17) is 0 Å². The maximum absolute atomic E-state index is 13.8. The fraction of sp³-hybridized carbons (Fsp3) is 0.450. The van der Waals surface area contributed by atoms with Crippen LogP contribution in [-0.2, 0) is 6.54 Å². The molecule has 0 amide bonds. The topological polar surface area (TPSA) is 39.7 Å². The van der Waals surface area contributed by atoms with E-state index in [1.165, 1.54) is 11.9 Å². The summed E-state index contributed by atoms with van der Waals surface area (Å²) in [5.41, 5.74) is -0.695. The minimum Gasteiger partial charge on any atom is -0.356 e. The lowest BCUT2D eigenvalue weighted by Gasteiger charge is -2.39. The van der Waals surface area contributed by atoms with E-state index in [1.807, 2.05) is 6.07 Å². The van der Waals surface area contributed by atoms with Crippen LogP contribution in [0.3, 0.4) is 0 Å². The third-order valence-electron chi connectivity index (χ3n) is 5.23. The van der Waals surface area contributed by atoms with Gasteiger partial charge < -0.3 is 10.6 Å². The normalized spacial score (nSPS) is 20.7. The molecule has 2 aromatic rings. The van der Waals surface area contributed by atoms with Crippen molar-refractivity contribution in [1.82, 2.24) is 15.5 Å². The van der Waals surface area contributed by atoms with Crippen molar-refractivity contribution in [3.63, 3.8) is 0 Å². The first kappa shape index (κ1) is 21.6. The zero-order chi connectivity index (χ0) is 21.0. The molecule has 0 saturated carbocycles. The molecule has 1 saturated heterocycles. The van der Waals surface area contributed by atoms with Crippen molar-refractivity contribution in [2.24, 2.45) is 10.9 Å². The number of halogens is 4. The van der Waals surface area contributed by atoms with Crippen molar-refractivity contribution in [3.05, 3.63) is 57.3 Å². The van der Waals surface area contributed by atoms with E-state index in [0.29, 0.717) is 18.4 Å². The minimum absolute atomic E-state index is 0.200. The molecule has 4 nitrogen and oxygen atoms in total. The second-order valence-electron chi connectivity index (χ2n) is 7.10. The lowest BCUT2D eigenvalue weighted by molar-refractivity contribution is 0.125. The molecule has 9 heteroatoms. The molecule has 1 aromatic heterocycles. The van der Waals surface area contributed by atoms with Gasteiger partial charge in [0.2, 0.25) is 0 Å². The van der Waals surface area contributed by atoms with Crippen molar-refractivity contribution >= 4 is 17.3 Å². The second-order valence-corrected chi connectivity index (χ2v) is 8.08. The van der Waals surface area contributed by atoms with Gasteiger partial charge >= 0.3 is 0 Å². The Hall–Kier alpha value is -2.13. The summed E-state index contributed by atoms with van der Waals surface area (Å²) >= 11 is 1.72. The molecular formula is C20H24F4N4S. The van der Waals surface area contributed by atoms with Crippen LogP contribution in [0.1, 0.15) is 29.3 Å². The van der Waals surface area contributed by atoms with Gasteiger partial charge in [-0.15, -0.1) is 11.3 Å². The molecule has 0 spiro atoms. The van der Waals surface area contributed by atoms with Gasteiger partial charge in [-0.3, -0.25) is 9.89 Å². The Bertz CT molecular complexity index is 830. The van der Waals surface area contributed by atoms with Gasteiger partial charge in [-0.25, -0.2) is 17.6 Å². The summed E-state index contributed by atoms with van der Waals surface area (Å²) < 4.78 is 54.4. The molecule has 2 unspecified atom stereocenters. The van der Waals surface area contributed by atoms with Crippen LogP contribution in [0, 0.1) is 29.2 Å². The van der Waals surface area contributed by atoms with Crippen LogP contribution in [0.25, 0.3) is 0 Å². The van der Waals surface area contributed by atoms with E-state index in [0.717, 1.165) is 19.4 Å². The Balaban J connectivity index is 1.64. The van der Waals surface area contributed by atoms with Crippen LogP contribution in [0.2, 0.25) is 0 Å². The predicted molar refractivity (Wildman–Crippen MR) is 107 cm³/mol. The first-order chi connectivity index (χ1) is 13.9. The zero-order valence-corrected chi connectivity index (χ0v) is 17.1. The molecule has 2 heterocycles. The number of nitrogens with one attached hydrogen (secondary N) is 2. The lowest BCUT2D eigenvalue weighted by atomic mass is 9.88. The zero-order valence-electron chi connectivity index (χ0n) is 16.3. The van der Waals surface area contributed by atoms with Gasteiger partial charge in [0, 0.05) is 42.7 Å². The summed E-state index contributed by atoms with van der Waals surface area (Å²) in [4.78, 5) is 7.67. The van der Waals surface area contributed by atoms with Crippen molar-refractivity contribution in [2.75, 3.05) is 27.2 Å². The number of thiophene rings is 1. The Labute approximate surface area is 171 Å². The molecule has 1 aromatic carbocycles. The molecule has 0 radical (unpaired) electrons. The van der Waals surface area contributed by atoms with Crippen LogP contribution in [-0.4, -0.2) is 38.0 Å². The molecule has 1 aliphatic rings. The smallest absolute Gasteiger partial charge is 0.191 e. The van der Waals surface area contributed by atoms with Crippen molar-refractivity contribution in [2.45, 2.75) is 25.4 Å². The number of piperidine rings is 1. The lowest BCUT2D eigenvalue weighted by Crippen LogP contribution is -2.44. The van der Waals surface area contributed by atoms with Gasteiger partial charge in [-0.05, 0) is 43.8 Å². The highest BCUT2D eigenvalue weighted by molar-refractivity contribution is 7.10. The highest BCUT2D eigenvalue weighted by atomic mass is 32.1. The third-order valence-corrected chi connectivity index (χ3v) is 6.18. The molecule has 2 atom stereocenters. The van der Waals surface area contributed by atoms with Crippen molar-refractivity contribution in [3.8, 4) is 0 Å². The Morgan fingerprint density at radius 3 is 2.55 bits per heavy atom. The standard InChI is InChI=1S/C20H24F4N4S/c1-25-20(27-11-13-17(23)14(21)9-15(22)18(13)24)26-10-12-5-3-7-28(2)19(12)16-6-4-8-29-16/h4,6,8-9,12,19H,3,5,7,10-11H2,1-2H3,(H2,25,26,27). The summed E-state index contributed by atoms with van der Waals surface area (Å²) in [5.74, 6) is -5.02. The van der Waals surface area contributed by atoms with Gasteiger partial charge in [0.05, 0.1) is 0 Å². The van der Waals surface area contributed by atoms with Crippen LogP contribution in [0.5, 0.6) is 0 Å². The maximum Gasteiger partial charge on any atom is 0.191 e. The summed E-state index contributed by atoms with van der Waals surface area (Å²) in [5, 5.41) is 7.97. The molecule has 0 bridgehead atoms. The molecule has 0 aliphatic carbocycles. The number of rotatable bonds is 5. The maximum atomic E-state index is 13.8. The first-order valence-corrected chi connectivity index (χ1v) is 10.3. The first-order valence-electron chi connectivity index (χ1n) is 9.42. The van der Waals surface area contributed by atoms with E-state index in [2.05, 4.69) is 39.0 Å². The molecule has 2 N–H and O–H groups in total. The fourth-order valence-corrected chi connectivity index (χ4v) is 4.76. The Morgan fingerprint density at radius 2 is 1.93 bits per heavy atom. The van der Waals surface area contributed by atoms with E-state index < -0.39 is 35.4 Å². The number of likely N-dealkylation sites (tertiary alicyclic amines) is 1. The highest BCUT2D eigenvalue weighted by Gasteiger charge is 2.31. The Kier molecular flexibility index (Phi) is 7.13. The average Bonchev–Trinajstić information content (AvgIpc) is 3.23. The summed E-state index contributed by atoms with van der Waals surface area (Å²) in [6.45, 7) is 1.20. The largest absolute Gasteiger partial charge is 0.356 e. The third kappa shape index (κ3) is 4.90. The molecule has 29 heavy (non-hydrogen) atoms. The Morgan fingerprint density at radius 1 is 1.21 bits per heavy atom. The van der Waals surface area contributed by atoms with E-state index in [1.54, 1.807) is 11.3 Å². The van der Waals surface area contributed by atoms with Gasteiger partial charge in [-0.2, -0.15) is 0 Å². The monoisotopic (exact) mass is 428 g/mol. The second kappa shape index (κ2) is 9.58. The van der Waals surface area contributed by atoms with Gasteiger partial charge in [0.25, 0.3) is 0 Å². The van der Waals surface area contributed by atoms with E-state index >= 15 is 0 Å². The van der Waals surface area contributed by atoms with Crippen LogP contribution < -0.4 is 10.6 Å². The average molecular weight is 428 g/mol. The number of guanidine groups is 1. The van der Waals surface area contributed by atoms with Gasteiger partial charge in [0.15, 0.2) is 29.2 Å². The molecule has 1 aliphatic heterocycles.